The summed E-state index contributed by atoms with van der Waals surface area (Å²) in [6, 6.07) is 7.96. The number of rotatable bonds is 4. The molecule has 1 aliphatic rings. The molecule has 0 saturated heterocycles. The molecule has 2 heterocycles. The Kier molecular flexibility index (Phi) is 3.07. The number of carbonyl (C=O) groups excluding carboxylic acids is 1. The maximum atomic E-state index is 12.2. The zero-order chi connectivity index (χ0) is 14.2. The third-order valence-corrected chi connectivity index (χ3v) is 4.43. The topological polar surface area (TPSA) is 88.4 Å². The number of sulfonamides is 1. The summed E-state index contributed by atoms with van der Waals surface area (Å²) in [6.07, 6.45) is 1.69. The Labute approximate surface area is 115 Å². The van der Waals surface area contributed by atoms with Crippen LogP contribution in [0.1, 0.15) is 11.3 Å². The number of amides is 1. The second-order valence-corrected chi connectivity index (χ2v) is 6.21. The van der Waals surface area contributed by atoms with Crippen LogP contribution in [0.5, 0.6) is 0 Å². The van der Waals surface area contributed by atoms with Gasteiger partial charge in [-0.1, -0.05) is 0 Å². The van der Waals surface area contributed by atoms with Crippen molar-refractivity contribution in [2.75, 3.05) is 5.32 Å². The van der Waals surface area contributed by atoms with Crippen molar-refractivity contribution in [1.29, 1.82) is 0 Å². The summed E-state index contributed by atoms with van der Waals surface area (Å²) in [4.78, 5) is 11.4. The minimum atomic E-state index is -3.62. The van der Waals surface area contributed by atoms with E-state index in [0.717, 1.165) is 0 Å². The van der Waals surface area contributed by atoms with Crippen molar-refractivity contribution in [3.63, 3.8) is 0 Å². The van der Waals surface area contributed by atoms with Crippen molar-refractivity contribution in [3.05, 3.63) is 47.9 Å². The van der Waals surface area contributed by atoms with E-state index in [0.29, 0.717) is 17.0 Å². The highest BCUT2D eigenvalue weighted by Crippen LogP contribution is 2.25. The van der Waals surface area contributed by atoms with Gasteiger partial charge in [0.05, 0.1) is 24.1 Å². The van der Waals surface area contributed by atoms with E-state index in [9.17, 15) is 13.2 Å². The van der Waals surface area contributed by atoms with Gasteiger partial charge in [-0.2, -0.15) is 0 Å². The molecule has 1 amide bonds. The van der Waals surface area contributed by atoms with Crippen LogP contribution in [-0.4, -0.2) is 14.3 Å². The Morgan fingerprint density at radius 1 is 1.30 bits per heavy atom. The number of nitrogens with one attached hydrogen (secondary N) is 2. The first-order valence-electron chi connectivity index (χ1n) is 5.99. The Hall–Kier alpha value is -2.12. The number of fused-ring (bicyclic) bond motifs is 1. The van der Waals surface area contributed by atoms with Crippen LogP contribution in [0.4, 0.5) is 5.69 Å². The maximum absolute atomic E-state index is 12.2. The number of benzene rings is 1. The average molecular weight is 292 g/mol. The molecule has 7 heteroatoms. The first-order valence-corrected chi connectivity index (χ1v) is 7.48. The molecule has 0 atom stereocenters. The lowest BCUT2D eigenvalue weighted by atomic mass is 10.2. The third kappa shape index (κ3) is 2.45. The van der Waals surface area contributed by atoms with Crippen LogP contribution in [0, 0.1) is 0 Å². The molecular formula is C13H12N2O4S. The van der Waals surface area contributed by atoms with Crippen LogP contribution in [0.15, 0.2) is 45.9 Å². The molecule has 20 heavy (non-hydrogen) atoms. The van der Waals surface area contributed by atoms with Gasteiger partial charge in [0.15, 0.2) is 0 Å². The van der Waals surface area contributed by atoms with Crippen LogP contribution in [0.2, 0.25) is 0 Å². The van der Waals surface area contributed by atoms with Crippen molar-refractivity contribution in [2.24, 2.45) is 0 Å². The summed E-state index contributed by atoms with van der Waals surface area (Å²) >= 11 is 0. The molecule has 1 aromatic heterocycles. The minimum absolute atomic E-state index is 0.0869. The molecule has 2 N–H and O–H groups in total. The fourth-order valence-corrected chi connectivity index (χ4v) is 3.08. The number of anilines is 1. The SMILES string of the molecule is O=C1Cc2cc(S(=O)(=O)NCc3ccco3)ccc2N1. The Balaban J connectivity index is 1.81. The second-order valence-electron chi connectivity index (χ2n) is 4.45. The van der Waals surface area contributed by atoms with Crippen LogP contribution < -0.4 is 10.0 Å². The highest BCUT2D eigenvalue weighted by molar-refractivity contribution is 7.89. The minimum Gasteiger partial charge on any atom is -0.468 e. The van der Waals surface area contributed by atoms with Crippen molar-refractivity contribution in [2.45, 2.75) is 17.9 Å². The summed E-state index contributed by atoms with van der Waals surface area (Å²) in [5.41, 5.74) is 1.36. The second kappa shape index (κ2) is 4.77. The van der Waals surface area contributed by atoms with E-state index in [1.165, 1.54) is 18.4 Å². The van der Waals surface area contributed by atoms with E-state index < -0.39 is 10.0 Å². The molecule has 2 aromatic rings. The first kappa shape index (κ1) is 12.9. The van der Waals surface area contributed by atoms with E-state index in [2.05, 4.69) is 10.0 Å². The standard InChI is InChI=1S/C13H12N2O4S/c16-13-7-9-6-11(3-4-12(9)15-13)20(17,18)14-8-10-2-1-5-19-10/h1-6,14H,7-8H2,(H,15,16). The van der Waals surface area contributed by atoms with Crippen molar-refractivity contribution < 1.29 is 17.6 Å². The molecule has 0 aliphatic carbocycles. The highest BCUT2D eigenvalue weighted by Gasteiger charge is 2.21. The fourth-order valence-electron chi connectivity index (χ4n) is 2.04. The molecule has 0 spiro atoms. The Morgan fingerprint density at radius 2 is 2.15 bits per heavy atom. The van der Waals surface area contributed by atoms with E-state index in [1.54, 1.807) is 18.2 Å². The van der Waals surface area contributed by atoms with E-state index >= 15 is 0 Å². The van der Waals surface area contributed by atoms with Gasteiger partial charge in [0, 0.05) is 5.69 Å². The normalized spacial score (nSPS) is 14.1. The molecule has 1 aliphatic heterocycles. The van der Waals surface area contributed by atoms with E-state index in [-0.39, 0.29) is 23.8 Å². The van der Waals surface area contributed by atoms with Gasteiger partial charge in [-0.3, -0.25) is 4.79 Å². The van der Waals surface area contributed by atoms with Crippen molar-refractivity contribution in [3.8, 4) is 0 Å². The lowest BCUT2D eigenvalue weighted by Crippen LogP contribution is -2.23. The van der Waals surface area contributed by atoms with Gasteiger partial charge < -0.3 is 9.73 Å². The molecule has 0 saturated carbocycles. The zero-order valence-corrected chi connectivity index (χ0v) is 11.2. The molecule has 0 bridgehead atoms. The number of hydrogen-bond donors (Lipinski definition) is 2. The number of furan rings is 1. The molecule has 0 fully saturated rings. The summed E-state index contributed by atoms with van der Waals surface area (Å²) in [5.74, 6) is 0.407. The van der Waals surface area contributed by atoms with Gasteiger partial charge in [-0.25, -0.2) is 13.1 Å². The monoisotopic (exact) mass is 292 g/mol. The lowest BCUT2D eigenvalue weighted by Gasteiger charge is -2.07. The molecular weight excluding hydrogens is 280 g/mol. The van der Waals surface area contributed by atoms with Gasteiger partial charge in [0.2, 0.25) is 15.9 Å². The van der Waals surface area contributed by atoms with E-state index in [1.807, 2.05) is 0 Å². The molecule has 0 radical (unpaired) electrons. The molecule has 1 aromatic carbocycles. The van der Waals surface area contributed by atoms with Crippen LogP contribution in [-0.2, 0) is 27.8 Å². The smallest absolute Gasteiger partial charge is 0.240 e. The third-order valence-electron chi connectivity index (χ3n) is 3.03. The molecule has 6 nitrogen and oxygen atoms in total. The van der Waals surface area contributed by atoms with Crippen molar-refractivity contribution in [1.82, 2.24) is 4.72 Å². The van der Waals surface area contributed by atoms with Crippen LogP contribution in [0.25, 0.3) is 0 Å². The zero-order valence-electron chi connectivity index (χ0n) is 10.4. The van der Waals surface area contributed by atoms with Gasteiger partial charge in [-0.05, 0) is 35.9 Å². The summed E-state index contributed by atoms with van der Waals surface area (Å²) < 4.78 is 31.8. The molecule has 3 rings (SSSR count). The largest absolute Gasteiger partial charge is 0.468 e. The molecule has 104 valence electrons. The summed E-state index contributed by atoms with van der Waals surface area (Å²) in [7, 11) is -3.62. The predicted octanol–water partition coefficient (Wildman–Crippen LogP) is 1.25. The Bertz CT molecular complexity index is 751. The first-order chi connectivity index (χ1) is 9.54. The van der Waals surface area contributed by atoms with E-state index in [4.69, 9.17) is 4.42 Å². The Morgan fingerprint density at radius 3 is 2.90 bits per heavy atom. The number of hydrogen-bond acceptors (Lipinski definition) is 4. The maximum Gasteiger partial charge on any atom is 0.240 e. The summed E-state index contributed by atoms with van der Waals surface area (Å²) in [5, 5.41) is 2.66. The fraction of sp³-hybridized carbons (Fsp3) is 0.154. The van der Waals surface area contributed by atoms with Crippen molar-refractivity contribution >= 4 is 21.6 Å². The average Bonchev–Trinajstić information content (AvgIpc) is 3.03. The lowest BCUT2D eigenvalue weighted by molar-refractivity contribution is -0.115. The van der Waals surface area contributed by atoms with Crippen LogP contribution in [0.3, 0.4) is 0 Å². The van der Waals surface area contributed by atoms with Crippen LogP contribution >= 0.6 is 0 Å². The quantitative estimate of drug-likeness (QED) is 0.887. The van der Waals surface area contributed by atoms with Gasteiger partial charge in [0.1, 0.15) is 5.76 Å². The molecule has 0 unspecified atom stereocenters. The highest BCUT2D eigenvalue weighted by atomic mass is 32.2. The number of carbonyl (C=O) groups is 1. The summed E-state index contributed by atoms with van der Waals surface area (Å²) in [6.45, 7) is 0.0869. The predicted molar refractivity (Wildman–Crippen MR) is 71.5 cm³/mol. The van der Waals surface area contributed by atoms with Gasteiger partial charge >= 0.3 is 0 Å². The van der Waals surface area contributed by atoms with Gasteiger partial charge in [0.25, 0.3) is 0 Å². The van der Waals surface area contributed by atoms with Gasteiger partial charge in [-0.15, -0.1) is 0 Å².